The van der Waals surface area contributed by atoms with Gasteiger partial charge in [0.2, 0.25) is 10.0 Å². The van der Waals surface area contributed by atoms with Crippen LogP contribution in [0.15, 0.2) is 46.0 Å². The Morgan fingerprint density at radius 3 is 2.52 bits per heavy atom. The molecule has 3 rings (SSSR count). The van der Waals surface area contributed by atoms with Crippen LogP contribution in [0.2, 0.25) is 0 Å². The van der Waals surface area contributed by atoms with E-state index in [0.29, 0.717) is 16.4 Å². The highest BCUT2D eigenvalue weighted by Gasteiger charge is 2.19. The van der Waals surface area contributed by atoms with Gasteiger partial charge in [0.25, 0.3) is 0 Å². The smallest absolute Gasteiger partial charge is 0.250 e. The van der Waals surface area contributed by atoms with Crippen LogP contribution in [0.5, 0.6) is 0 Å². The van der Waals surface area contributed by atoms with Crippen LogP contribution in [-0.2, 0) is 10.0 Å². The maximum Gasteiger partial charge on any atom is 0.250 e. The van der Waals surface area contributed by atoms with Gasteiger partial charge in [-0.15, -0.1) is 11.3 Å². The Labute approximate surface area is 152 Å². The van der Waals surface area contributed by atoms with Gasteiger partial charge in [0.1, 0.15) is 10.0 Å². The summed E-state index contributed by atoms with van der Waals surface area (Å²) < 4.78 is 40.9. The van der Waals surface area contributed by atoms with Crippen LogP contribution >= 0.6 is 11.3 Å². The highest BCUT2D eigenvalue weighted by molar-refractivity contribution is 7.91. The Balaban J connectivity index is 1.39. The molecule has 1 N–H and O–H groups in total. The van der Waals surface area contributed by atoms with Gasteiger partial charge in [0, 0.05) is 32.7 Å². The van der Waals surface area contributed by atoms with Crippen LogP contribution < -0.4 is 9.62 Å². The molecule has 0 radical (unpaired) electrons. The first-order valence-corrected chi connectivity index (χ1v) is 10.7. The van der Waals surface area contributed by atoms with Crippen molar-refractivity contribution in [3.05, 3.63) is 47.6 Å². The second kappa shape index (κ2) is 8.27. The molecule has 1 aromatic carbocycles. The third-order valence-corrected chi connectivity index (χ3v) is 7.13. The van der Waals surface area contributed by atoms with Gasteiger partial charge >= 0.3 is 0 Å². The number of halogens is 1. The van der Waals surface area contributed by atoms with E-state index in [-0.39, 0.29) is 5.82 Å². The first kappa shape index (κ1) is 18.3. The summed E-state index contributed by atoms with van der Waals surface area (Å²) in [5, 5.41) is 1.75. The zero-order chi connectivity index (χ0) is 17.7. The molecule has 0 amide bonds. The van der Waals surface area contributed by atoms with Crippen LogP contribution in [0.4, 0.5) is 10.1 Å². The number of thiophene rings is 1. The highest BCUT2D eigenvalue weighted by Crippen LogP contribution is 2.20. The standard InChI is InChI=1S/C17H22FN3O2S2/c18-15-5-1-2-6-16(15)21-12-10-20(11-13-21)9-4-8-19-25(22,23)17-7-3-14-24-17/h1-3,5-7,14,19H,4,8-13H2. The molecule has 136 valence electrons. The van der Waals surface area contributed by atoms with Crippen LogP contribution in [0.1, 0.15) is 6.42 Å². The van der Waals surface area contributed by atoms with Gasteiger partial charge in [-0.05, 0) is 36.5 Å². The molecular weight excluding hydrogens is 361 g/mol. The number of nitrogens with zero attached hydrogens (tertiary/aromatic N) is 2. The SMILES string of the molecule is O=S(=O)(NCCCN1CCN(c2ccccc2F)CC1)c1cccs1. The Morgan fingerprint density at radius 2 is 1.84 bits per heavy atom. The van der Waals surface area contributed by atoms with Crippen molar-refractivity contribution in [2.24, 2.45) is 0 Å². The average molecular weight is 384 g/mol. The van der Waals surface area contributed by atoms with Crippen molar-refractivity contribution >= 4 is 27.0 Å². The van der Waals surface area contributed by atoms with Gasteiger partial charge in [-0.3, -0.25) is 4.90 Å². The summed E-state index contributed by atoms with van der Waals surface area (Å²) in [7, 11) is -3.37. The van der Waals surface area contributed by atoms with Gasteiger partial charge in [0.15, 0.2) is 0 Å². The summed E-state index contributed by atoms with van der Waals surface area (Å²) in [4.78, 5) is 4.35. The first-order chi connectivity index (χ1) is 12.1. The fraction of sp³-hybridized carbons (Fsp3) is 0.412. The molecule has 2 heterocycles. The number of rotatable bonds is 7. The Bertz CT molecular complexity index is 773. The molecule has 0 saturated carbocycles. The Morgan fingerprint density at radius 1 is 1.08 bits per heavy atom. The lowest BCUT2D eigenvalue weighted by Crippen LogP contribution is -2.47. The Hall–Kier alpha value is -1.48. The van der Waals surface area contributed by atoms with Crippen LogP contribution in [-0.4, -0.2) is 52.6 Å². The van der Waals surface area contributed by atoms with Gasteiger partial charge in [-0.2, -0.15) is 0 Å². The Kier molecular flexibility index (Phi) is 6.06. The molecule has 1 fully saturated rings. The van der Waals surface area contributed by atoms with Gasteiger partial charge in [-0.25, -0.2) is 17.5 Å². The van der Waals surface area contributed by atoms with Crippen molar-refractivity contribution < 1.29 is 12.8 Å². The molecule has 1 aliphatic heterocycles. The summed E-state index contributed by atoms with van der Waals surface area (Å²) in [6, 6.07) is 10.2. The second-order valence-electron chi connectivity index (χ2n) is 5.96. The van der Waals surface area contributed by atoms with Gasteiger partial charge in [0.05, 0.1) is 5.69 Å². The van der Waals surface area contributed by atoms with E-state index in [1.807, 2.05) is 12.1 Å². The highest BCUT2D eigenvalue weighted by atomic mass is 32.2. The molecule has 0 bridgehead atoms. The van der Waals surface area contributed by atoms with Crippen molar-refractivity contribution in [3.8, 4) is 0 Å². The molecule has 1 aromatic heterocycles. The third-order valence-electron chi connectivity index (χ3n) is 4.27. The molecule has 5 nitrogen and oxygen atoms in total. The lowest BCUT2D eigenvalue weighted by atomic mass is 10.2. The minimum absolute atomic E-state index is 0.182. The summed E-state index contributed by atoms with van der Waals surface area (Å²) >= 11 is 1.22. The molecule has 2 aromatic rings. The number of nitrogens with one attached hydrogen (secondary N) is 1. The fourth-order valence-corrected chi connectivity index (χ4v) is 5.03. The molecular formula is C17H22FN3O2S2. The molecule has 0 atom stereocenters. The lowest BCUT2D eigenvalue weighted by Gasteiger charge is -2.36. The van der Waals surface area contributed by atoms with Crippen LogP contribution in [0.25, 0.3) is 0 Å². The summed E-state index contributed by atoms with van der Waals surface area (Å²) in [5.74, 6) is -0.182. The predicted molar refractivity (Wildman–Crippen MR) is 99.2 cm³/mol. The fourth-order valence-electron chi connectivity index (χ4n) is 2.92. The average Bonchev–Trinajstić information content (AvgIpc) is 3.16. The topological polar surface area (TPSA) is 52.7 Å². The summed E-state index contributed by atoms with van der Waals surface area (Å²) in [6.45, 7) is 4.52. The minimum Gasteiger partial charge on any atom is -0.367 e. The maximum atomic E-state index is 13.8. The maximum absolute atomic E-state index is 13.8. The van der Waals surface area contributed by atoms with E-state index in [0.717, 1.165) is 39.1 Å². The number of piperazine rings is 1. The molecule has 8 heteroatoms. The van der Waals surface area contributed by atoms with Crippen LogP contribution in [0.3, 0.4) is 0 Å². The van der Waals surface area contributed by atoms with Gasteiger partial charge < -0.3 is 4.90 Å². The zero-order valence-electron chi connectivity index (χ0n) is 13.9. The van der Waals surface area contributed by atoms with Crippen molar-refractivity contribution in [1.82, 2.24) is 9.62 Å². The quantitative estimate of drug-likeness (QED) is 0.746. The third kappa shape index (κ3) is 4.78. The molecule has 1 aliphatic rings. The monoisotopic (exact) mass is 383 g/mol. The van der Waals surface area contributed by atoms with E-state index in [9.17, 15) is 12.8 Å². The largest absolute Gasteiger partial charge is 0.367 e. The predicted octanol–water partition coefficient (Wildman–Crippen LogP) is 2.38. The first-order valence-electron chi connectivity index (χ1n) is 8.31. The van der Waals surface area contributed by atoms with Gasteiger partial charge in [-0.1, -0.05) is 18.2 Å². The second-order valence-corrected chi connectivity index (χ2v) is 8.91. The molecule has 0 spiro atoms. The molecule has 1 saturated heterocycles. The van der Waals surface area contributed by atoms with E-state index in [1.54, 1.807) is 23.6 Å². The van der Waals surface area contributed by atoms with E-state index in [1.165, 1.54) is 17.4 Å². The van der Waals surface area contributed by atoms with Crippen molar-refractivity contribution in [2.75, 3.05) is 44.2 Å². The number of benzene rings is 1. The van der Waals surface area contributed by atoms with Crippen molar-refractivity contribution in [1.29, 1.82) is 0 Å². The lowest BCUT2D eigenvalue weighted by molar-refractivity contribution is 0.255. The number of para-hydroxylation sites is 1. The normalized spacial score (nSPS) is 16.3. The van der Waals surface area contributed by atoms with Crippen molar-refractivity contribution in [3.63, 3.8) is 0 Å². The van der Waals surface area contributed by atoms with E-state index in [4.69, 9.17) is 0 Å². The van der Waals surface area contributed by atoms with Crippen LogP contribution in [0, 0.1) is 5.82 Å². The number of sulfonamides is 1. The van der Waals surface area contributed by atoms with E-state index < -0.39 is 10.0 Å². The molecule has 0 aliphatic carbocycles. The summed E-state index contributed by atoms with van der Waals surface area (Å²) in [6.07, 6.45) is 0.754. The molecule has 25 heavy (non-hydrogen) atoms. The van der Waals surface area contributed by atoms with E-state index in [2.05, 4.69) is 14.5 Å². The zero-order valence-corrected chi connectivity index (χ0v) is 15.5. The van der Waals surface area contributed by atoms with Crippen molar-refractivity contribution in [2.45, 2.75) is 10.6 Å². The minimum atomic E-state index is -3.37. The number of hydrogen-bond donors (Lipinski definition) is 1. The number of anilines is 1. The number of hydrogen-bond acceptors (Lipinski definition) is 5. The van der Waals surface area contributed by atoms with E-state index >= 15 is 0 Å². The molecule has 0 unspecified atom stereocenters. The summed E-state index contributed by atoms with van der Waals surface area (Å²) in [5.41, 5.74) is 0.658.